The molecule has 0 fully saturated rings. The largest absolute Gasteiger partial charge is 0.490 e. The van der Waals surface area contributed by atoms with Crippen molar-refractivity contribution in [3.63, 3.8) is 0 Å². The third-order valence-electron chi connectivity index (χ3n) is 2.94. The predicted molar refractivity (Wildman–Crippen MR) is 71.6 cm³/mol. The molecule has 0 saturated heterocycles. The van der Waals surface area contributed by atoms with Gasteiger partial charge in [-0.05, 0) is 48.9 Å². The highest BCUT2D eigenvalue weighted by Crippen LogP contribution is 2.25. The van der Waals surface area contributed by atoms with Gasteiger partial charge >= 0.3 is 0 Å². The van der Waals surface area contributed by atoms with Crippen molar-refractivity contribution in [2.45, 2.75) is 25.7 Å². The monoisotopic (exact) mass is 234 g/mol. The van der Waals surface area contributed by atoms with Crippen molar-refractivity contribution in [1.82, 2.24) is 0 Å². The first-order chi connectivity index (χ1) is 7.90. The minimum Gasteiger partial charge on any atom is -0.490 e. The molecule has 0 radical (unpaired) electrons. The zero-order chi connectivity index (χ0) is 11.2. The lowest BCUT2D eigenvalue weighted by molar-refractivity contribution is 0.362. The zero-order valence-electron chi connectivity index (χ0n) is 9.48. The molecule has 0 amide bonds. The van der Waals surface area contributed by atoms with Gasteiger partial charge in [0, 0.05) is 5.75 Å². The van der Waals surface area contributed by atoms with Crippen molar-refractivity contribution in [3.8, 4) is 5.75 Å². The highest BCUT2D eigenvalue weighted by molar-refractivity contribution is 7.80. The first-order valence-corrected chi connectivity index (χ1v) is 6.54. The second-order valence-corrected chi connectivity index (χ2v) is 4.47. The summed E-state index contributed by atoms with van der Waals surface area (Å²) in [6, 6.07) is 6.49. The van der Waals surface area contributed by atoms with Crippen molar-refractivity contribution in [1.29, 1.82) is 0 Å². The van der Waals surface area contributed by atoms with E-state index in [1.54, 1.807) is 0 Å². The molecule has 0 aromatic heterocycles. The molecular formula is C14H18OS. The summed E-state index contributed by atoms with van der Waals surface area (Å²) in [4.78, 5) is 0. The van der Waals surface area contributed by atoms with Crippen LogP contribution in [0.5, 0.6) is 5.75 Å². The summed E-state index contributed by atoms with van der Waals surface area (Å²) in [5.74, 6) is 1.76. The van der Waals surface area contributed by atoms with Crippen LogP contribution in [0.4, 0.5) is 0 Å². The highest BCUT2D eigenvalue weighted by atomic mass is 32.1. The second kappa shape index (κ2) is 6.00. The second-order valence-electron chi connectivity index (χ2n) is 4.10. The van der Waals surface area contributed by atoms with Crippen LogP contribution in [0.3, 0.4) is 0 Å². The van der Waals surface area contributed by atoms with Crippen molar-refractivity contribution in [2.75, 3.05) is 12.4 Å². The van der Waals surface area contributed by atoms with Gasteiger partial charge in [0.2, 0.25) is 0 Å². The van der Waals surface area contributed by atoms with E-state index in [-0.39, 0.29) is 0 Å². The Morgan fingerprint density at radius 1 is 1.12 bits per heavy atom. The first-order valence-electron chi connectivity index (χ1n) is 5.90. The van der Waals surface area contributed by atoms with Gasteiger partial charge in [-0.1, -0.05) is 18.2 Å². The van der Waals surface area contributed by atoms with E-state index in [1.165, 1.54) is 36.8 Å². The van der Waals surface area contributed by atoms with Crippen LogP contribution in [0.2, 0.25) is 0 Å². The third-order valence-corrected chi connectivity index (χ3v) is 3.15. The summed E-state index contributed by atoms with van der Waals surface area (Å²) in [6.07, 6.45) is 9.09. The molecule has 0 heterocycles. The van der Waals surface area contributed by atoms with Crippen LogP contribution in [0.15, 0.2) is 30.4 Å². The molecule has 0 atom stereocenters. The topological polar surface area (TPSA) is 9.23 Å². The van der Waals surface area contributed by atoms with E-state index in [2.05, 4.69) is 30.8 Å². The molecule has 2 heteroatoms. The van der Waals surface area contributed by atoms with Gasteiger partial charge in [0.1, 0.15) is 12.4 Å². The fourth-order valence-electron chi connectivity index (χ4n) is 2.09. The normalized spacial score (nSPS) is 15.1. The van der Waals surface area contributed by atoms with Gasteiger partial charge in [-0.2, -0.15) is 12.6 Å². The molecule has 2 rings (SSSR count). The molecule has 1 aromatic rings. The van der Waals surface area contributed by atoms with E-state index in [9.17, 15) is 0 Å². The van der Waals surface area contributed by atoms with Crippen molar-refractivity contribution < 1.29 is 4.74 Å². The van der Waals surface area contributed by atoms with Crippen LogP contribution in [0.25, 0.3) is 0 Å². The van der Waals surface area contributed by atoms with E-state index in [4.69, 9.17) is 4.74 Å². The standard InChI is InChI=1S/C14H18OS/c16-10-4-3-9-15-14-8-7-12-5-1-2-6-13(12)11-14/h3-4,7-8,11,16H,1-2,5-6,9-10H2. The Morgan fingerprint density at radius 2 is 1.94 bits per heavy atom. The SMILES string of the molecule is SCC=CCOc1ccc2c(c1)CCCC2. The predicted octanol–water partition coefficient (Wildman–Crippen LogP) is 3.43. The van der Waals surface area contributed by atoms with Crippen LogP contribution in [0, 0.1) is 0 Å². The van der Waals surface area contributed by atoms with Crippen molar-refractivity contribution >= 4 is 12.6 Å². The van der Waals surface area contributed by atoms with Gasteiger partial charge in [0.25, 0.3) is 0 Å². The molecule has 0 N–H and O–H groups in total. The summed E-state index contributed by atoms with van der Waals surface area (Å²) in [7, 11) is 0. The van der Waals surface area contributed by atoms with E-state index in [0.717, 1.165) is 11.5 Å². The van der Waals surface area contributed by atoms with Gasteiger partial charge in [0.05, 0.1) is 0 Å². The summed E-state index contributed by atoms with van der Waals surface area (Å²) >= 11 is 4.10. The minimum absolute atomic E-state index is 0.638. The quantitative estimate of drug-likeness (QED) is 0.620. The third kappa shape index (κ3) is 3.05. The molecule has 1 nitrogen and oxygen atoms in total. The average molecular weight is 234 g/mol. The maximum atomic E-state index is 5.65. The van der Waals surface area contributed by atoms with Gasteiger partial charge in [-0.25, -0.2) is 0 Å². The van der Waals surface area contributed by atoms with E-state index in [1.807, 2.05) is 12.2 Å². The summed E-state index contributed by atoms with van der Waals surface area (Å²) in [5.41, 5.74) is 2.98. The first kappa shape index (κ1) is 11.6. The average Bonchev–Trinajstić information content (AvgIpc) is 2.34. The fraction of sp³-hybridized carbons (Fsp3) is 0.429. The minimum atomic E-state index is 0.638. The number of thiol groups is 1. The number of hydrogen-bond acceptors (Lipinski definition) is 2. The number of hydrogen-bond donors (Lipinski definition) is 1. The molecule has 0 aliphatic heterocycles. The van der Waals surface area contributed by atoms with E-state index >= 15 is 0 Å². The summed E-state index contributed by atoms with van der Waals surface area (Å²) < 4.78 is 5.65. The molecule has 1 aliphatic rings. The summed E-state index contributed by atoms with van der Waals surface area (Å²) in [5, 5.41) is 0. The Morgan fingerprint density at radius 3 is 2.75 bits per heavy atom. The Hall–Kier alpha value is -0.890. The lowest BCUT2D eigenvalue weighted by Crippen LogP contribution is -2.03. The Kier molecular flexibility index (Phi) is 4.34. The van der Waals surface area contributed by atoms with E-state index < -0.39 is 0 Å². The molecule has 1 aromatic carbocycles. The van der Waals surface area contributed by atoms with Gasteiger partial charge in [0.15, 0.2) is 0 Å². The van der Waals surface area contributed by atoms with Crippen molar-refractivity contribution in [3.05, 3.63) is 41.5 Å². The van der Waals surface area contributed by atoms with Crippen LogP contribution in [-0.4, -0.2) is 12.4 Å². The lowest BCUT2D eigenvalue weighted by Gasteiger charge is -2.16. The zero-order valence-corrected chi connectivity index (χ0v) is 10.4. The summed E-state index contributed by atoms with van der Waals surface area (Å²) in [6.45, 7) is 0.638. The van der Waals surface area contributed by atoms with Crippen molar-refractivity contribution in [2.24, 2.45) is 0 Å². The van der Waals surface area contributed by atoms with Gasteiger partial charge < -0.3 is 4.74 Å². The van der Waals surface area contributed by atoms with Crippen LogP contribution < -0.4 is 4.74 Å². The van der Waals surface area contributed by atoms with Gasteiger partial charge in [-0.3, -0.25) is 0 Å². The number of rotatable bonds is 4. The Balaban J connectivity index is 1.97. The Labute approximate surface area is 103 Å². The molecule has 0 unspecified atom stereocenters. The smallest absolute Gasteiger partial charge is 0.120 e. The molecule has 0 bridgehead atoms. The molecule has 16 heavy (non-hydrogen) atoms. The van der Waals surface area contributed by atoms with Crippen LogP contribution >= 0.6 is 12.6 Å². The maximum absolute atomic E-state index is 5.65. The molecule has 0 saturated carbocycles. The molecule has 0 spiro atoms. The maximum Gasteiger partial charge on any atom is 0.120 e. The van der Waals surface area contributed by atoms with E-state index in [0.29, 0.717) is 6.61 Å². The number of ether oxygens (including phenoxy) is 1. The van der Waals surface area contributed by atoms with Crippen LogP contribution in [-0.2, 0) is 12.8 Å². The fourth-order valence-corrected chi connectivity index (χ4v) is 2.24. The lowest BCUT2D eigenvalue weighted by atomic mass is 9.92. The number of aryl methyl sites for hydroxylation is 2. The molecule has 1 aliphatic carbocycles. The highest BCUT2D eigenvalue weighted by Gasteiger charge is 2.09. The number of fused-ring (bicyclic) bond motifs is 1. The number of benzene rings is 1. The molecular weight excluding hydrogens is 216 g/mol. The Bertz CT molecular complexity index is 371. The van der Waals surface area contributed by atoms with Crippen LogP contribution in [0.1, 0.15) is 24.0 Å². The van der Waals surface area contributed by atoms with Gasteiger partial charge in [-0.15, -0.1) is 0 Å². The molecule has 86 valence electrons.